The summed E-state index contributed by atoms with van der Waals surface area (Å²) in [5, 5.41) is 8.24. The minimum Gasteiger partial charge on any atom is -0.494 e. The number of carbonyl (C=O) groups excluding carboxylic acids is 1. The van der Waals surface area contributed by atoms with E-state index in [9.17, 15) is 4.79 Å². The number of fused-ring (bicyclic) bond motifs is 1. The van der Waals surface area contributed by atoms with Crippen molar-refractivity contribution in [1.82, 2.24) is 14.8 Å². The van der Waals surface area contributed by atoms with E-state index in [0.29, 0.717) is 24.8 Å². The second kappa shape index (κ2) is 7.44. The van der Waals surface area contributed by atoms with Gasteiger partial charge in [0.2, 0.25) is 5.95 Å². The average Bonchev–Trinajstić information content (AvgIpc) is 3.17. The van der Waals surface area contributed by atoms with Crippen LogP contribution in [0.3, 0.4) is 0 Å². The van der Waals surface area contributed by atoms with E-state index in [2.05, 4.69) is 18.3 Å². The Hall–Kier alpha value is -3.41. The van der Waals surface area contributed by atoms with Gasteiger partial charge in [0.15, 0.2) is 11.6 Å². The normalized spacial score (nSPS) is 17.9. The van der Waals surface area contributed by atoms with Gasteiger partial charge < -0.3 is 10.1 Å². The number of anilines is 1. The lowest BCUT2D eigenvalue weighted by atomic mass is 9.85. The summed E-state index contributed by atoms with van der Waals surface area (Å²) in [6.45, 7) is 4.64. The fourth-order valence-electron chi connectivity index (χ4n) is 4.32. The van der Waals surface area contributed by atoms with Gasteiger partial charge in [-0.15, -0.1) is 5.10 Å². The Balaban J connectivity index is 1.64. The molecule has 152 valence electrons. The number of nitrogens with zero attached hydrogens (tertiary/aromatic N) is 3. The molecule has 0 saturated carbocycles. The van der Waals surface area contributed by atoms with Crippen LogP contribution < -0.4 is 10.1 Å². The zero-order valence-corrected chi connectivity index (χ0v) is 17.2. The van der Waals surface area contributed by atoms with Gasteiger partial charge in [0.1, 0.15) is 11.8 Å². The summed E-state index contributed by atoms with van der Waals surface area (Å²) in [6, 6.07) is 15.7. The number of carbonyl (C=O) groups is 1. The molecule has 0 bridgehead atoms. The Morgan fingerprint density at radius 1 is 1.13 bits per heavy atom. The standard InChI is InChI=1S/C24H24N4O2/c1-3-30-17-13-11-16(12-14-17)22-21-19(9-6-10-20(21)29)25-24-26-23(27-28(22)24)18-8-5-4-7-15(18)2/h4-5,7-8,11-14,22H,3,6,9-10H2,1-2H3,(H,25,26,27). The number of Topliss-reactive ketones (excluding diaryl/α,β-unsaturated/α-hetero) is 1. The second-order valence-electron chi connectivity index (χ2n) is 7.72. The van der Waals surface area contributed by atoms with E-state index in [1.807, 2.05) is 54.1 Å². The largest absolute Gasteiger partial charge is 0.494 e. The van der Waals surface area contributed by atoms with Gasteiger partial charge in [0.25, 0.3) is 0 Å². The average molecular weight is 400 g/mol. The van der Waals surface area contributed by atoms with Crippen LogP contribution in [-0.4, -0.2) is 27.2 Å². The molecule has 6 heteroatoms. The lowest BCUT2D eigenvalue weighted by Gasteiger charge is -2.32. The van der Waals surface area contributed by atoms with Gasteiger partial charge in [-0.05, 0) is 49.9 Å². The number of hydrogen-bond donors (Lipinski definition) is 1. The van der Waals surface area contributed by atoms with E-state index in [0.717, 1.165) is 46.6 Å². The summed E-state index contributed by atoms with van der Waals surface area (Å²) >= 11 is 0. The SMILES string of the molecule is CCOc1ccc(C2C3=C(CCCC3=O)Nc3nc(-c4ccccc4C)nn32)cc1. The van der Waals surface area contributed by atoms with Crippen molar-refractivity contribution in [2.24, 2.45) is 0 Å². The summed E-state index contributed by atoms with van der Waals surface area (Å²) in [6.07, 6.45) is 2.28. The summed E-state index contributed by atoms with van der Waals surface area (Å²) in [5.41, 5.74) is 4.90. The van der Waals surface area contributed by atoms with Crippen LogP contribution in [0.4, 0.5) is 5.95 Å². The number of hydrogen-bond acceptors (Lipinski definition) is 5. The fraction of sp³-hybridized carbons (Fsp3) is 0.292. The van der Waals surface area contributed by atoms with Gasteiger partial charge in [-0.2, -0.15) is 4.98 Å². The maximum absolute atomic E-state index is 12.9. The van der Waals surface area contributed by atoms with Crippen LogP contribution in [0.5, 0.6) is 5.75 Å². The van der Waals surface area contributed by atoms with Crippen LogP contribution in [-0.2, 0) is 4.79 Å². The smallest absolute Gasteiger partial charge is 0.226 e. The van der Waals surface area contributed by atoms with E-state index in [1.165, 1.54) is 0 Å². The molecule has 1 atom stereocenters. The van der Waals surface area contributed by atoms with Crippen molar-refractivity contribution >= 4 is 11.7 Å². The lowest BCUT2D eigenvalue weighted by molar-refractivity contribution is -0.116. The zero-order chi connectivity index (χ0) is 20.7. The van der Waals surface area contributed by atoms with Crippen LogP contribution in [0.15, 0.2) is 59.8 Å². The number of aryl methyl sites for hydroxylation is 1. The molecule has 6 nitrogen and oxygen atoms in total. The van der Waals surface area contributed by atoms with E-state index < -0.39 is 0 Å². The Kier molecular flexibility index (Phi) is 4.62. The topological polar surface area (TPSA) is 69.0 Å². The highest BCUT2D eigenvalue weighted by Gasteiger charge is 2.37. The highest BCUT2D eigenvalue weighted by Crippen LogP contribution is 2.41. The molecule has 30 heavy (non-hydrogen) atoms. The first kappa shape index (κ1) is 18.6. The van der Waals surface area contributed by atoms with Crippen molar-refractivity contribution in [3.63, 3.8) is 0 Å². The van der Waals surface area contributed by atoms with E-state index in [1.54, 1.807) is 0 Å². The molecule has 2 heterocycles. The molecule has 0 spiro atoms. The third-order valence-electron chi connectivity index (χ3n) is 5.76. The van der Waals surface area contributed by atoms with Crippen molar-refractivity contribution in [2.75, 3.05) is 11.9 Å². The number of benzene rings is 2. The summed E-state index contributed by atoms with van der Waals surface area (Å²) in [5.74, 6) is 2.35. The third-order valence-corrected chi connectivity index (χ3v) is 5.76. The number of ether oxygens (including phenoxy) is 1. The highest BCUT2D eigenvalue weighted by atomic mass is 16.5. The molecule has 1 aromatic heterocycles. The van der Waals surface area contributed by atoms with Crippen LogP contribution in [0.2, 0.25) is 0 Å². The predicted octanol–water partition coefficient (Wildman–Crippen LogP) is 4.67. The molecule has 2 aliphatic rings. The molecule has 0 radical (unpaired) electrons. The molecule has 5 rings (SSSR count). The molecule has 0 amide bonds. The number of ketones is 1. The third kappa shape index (κ3) is 3.09. The van der Waals surface area contributed by atoms with Gasteiger partial charge >= 0.3 is 0 Å². The summed E-state index contributed by atoms with van der Waals surface area (Å²) < 4.78 is 7.46. The number of aromatic nitrogens is 3. The van der Waals surface area contributed by atoms with E-state index in [4.69, 9.17) is 14.8 Å². The second-order valence-corrected chi connectivity index (χ2v) is 7.72. The van der Waals surface area contributed by atoms with Gasteiger partial charge in [-0.1, -0.05) is 36.4 Å². The first-order chi connectivity index (χ1) is 14.7. The highest BCUT2D eigenvalue weighted by molar-refractivity contribution is 5.99. The molecule has 1 unspecified atom stereocenters. The fourth-order valence-corrected chi connectivity index (χ4v) is 4.32. The van der Waals surface area contributed by atoms with E-state index >= 15 is 0 Å². The minimum atomic E-state index is -0.287. The van der Waals surface area contributed by atoms with Crippen LogP contribution in [0, 0.1) is 6.92 Å². The Morgan fingerprint density at radius 3 is 2.70 bits per heavy atom. The molecular weight excluding hydrogens is 376 g/mol. The molecule has 0 fully saturated rings. The maximum atomic E-state index is 12.9. The first-order valence-electron chi connectivity index (χ1n) is 10.4. The molecular formula is C24H24N4O2. The minimum absolute atomic E-state index is 0.182. The van der Waals surface area contributed by atoms with Gasteiger partial charge in [0.05, 0.1) is 6.61 Å². The molecule has 1 aliphatic carbocycles. The maximum Gasteiger partial charge on any atom is 0.226 e. The van der Waals surface area contributed by atoms with Crippen molar-refractivity contribution in [3.8, 4) is 17.1 Å². The molecule has 2 aromatic carbocycles. The van der Waals surface area contributed by atoms with Gasteiger partial charge in [0, 0.05) is 23.3 Å². The van der Waals surface area contributed by atoms with Crippen molar-refractivity contribution in [1.29, 1.82) is 0 Å². The number of allylic oxidation sites excluding steroid dienone is 2. The number of nitrogens with one attached hydrogen (secondary N) is 1. The van der Waals surface area contributed by atoms with Gasteiger partial charge in [-0.25, -0.2) is 4.68 Å². The molecule has 1 N–H and O–H groups in total. The summed E-state index contributed by atoms with van der Waals surface area (Å²) in [4.78, 5) is 17.7. The monoisotopic (exact) mass is 400 g/mol. The Morgan fingerprint density at radius 2 is 1.93 bits per heavy atom. The predicted molar refractivity (Wildman–Crippen MR) is 115 cm³/mol. The van der Waals surface area contributed by atoms with Crippen molar-refractivity contribution < 1.29 is 9.53 Å². The van der Waals surface area contributed by atoms with Crippen molar-refractivity contribution in [3.05, 3.63) is 70.9 Å². The van der Waals surface area contributed by atoms with E-state index in [-0.39, 0.29) is 11.8 Å². The first-order valence-corrected chi connectivity index (χ1v) is 10.4. The van der Waals surface area contributed by atoms with Gasteiger partial charge in [-0.3, -0.25) is 4.79 Å². The lowest BCUT2D eigenvalue weighted by Crippen LogP contribution is -2.31. The Bertz CT molecular complexity index is 1140. The Labute approximate surface area is 175 Å². The quantitative estimate of drug-likeness (QED) is 0.689. The van der Waals surface area contributed by atoms with Crippen molar-refractivity contribution in [2.45, 2.75) is 39.2 Å². The van der Waals surface area contributed by atoms with Crippen LogP contribution >= 0.6 is 0 Å². The molecule has 0 saturated heterocycles. The van der Waals surface area contributed by atoms with Crippen LogP contribution in [0.1, 0.15) is 43.4 Å². The zero-order valence-electron chi connectivity index (χ0n) is 17.2. The molecule has 1 aliphatic heterocycles. The number of rotatable bonds is 4. The van der Waals surface area contributed by atoms with Crippen LogP contribution in [0.25, 0.3) is 11.4 Å². The molecule has 3 aromatic rings. The summed E-state index contributed by atoms with van der Waals surface area (Å²) in [7, 11) is 0.